The lowest BCUT2D eigenvalue weighted by Crippen LogP contribution is -2.08. The van der Waals surface area contributed by atoms with Crippen LogP contribution in [0.1, 0.15) is 27.9 Å². The molecule has 82 valence electrons. The second-order valence-electron chi connectivity index (χ2n) is 2.60. The molecule has 0 saturated carbocycles. The fraction of sp³-hybridized carbons (Fsp3) is 0.250. The van der Waals surface area contributed by atoms with Crippen molar-refractivity contribution in [2.24, 2.45) is 0 Å². The molecular formula is C8H5BrClF2NO2. The van der Waals surface area contributed by atoms with Gasteiger partial charge in [-0.2, -0.15) is 0 Å². The molecule has 0 fully saturated rings. The van der Waals surface area contributed by atoms with Gasteiger partial charge in [-0.05, 0) is 5.56 Å². The summed E-state index contributed by atoms with van der Waals surface area (Å²) in [6.07, 6.45) is -1.77. The lowest BCUT2D eigenvalue weighted by Gasteiger charge is -2.10. The van der Waals surface area contributed by atoms with Gasteiger partial charge in [0.05, 0.1) is 0 Å². The van der Waals surface area contributed by atoms with Crippen molar-refractivity contribution in [2.45, 2.75) is 11.8 Å². The van der Waals surface area contributed by atoms with Crippen LogP contribution in [0.3, 0.4) is 0 Å². The Morgan fingerprint density at radius 2 is 2.27 bits per heavy atom. The second kappa shape index (κ2) is 4.85. The summed E-state index contributed by atoms with van der Waals surface area (Å²) in [7, 11) is 0. The molecule has 0 aliphatic carbocycles. The number of carboxylic acids is 1. The van der Waals surface area contributed by atoms with Gasteiger partial charge in [0.2, 0.25) is 0 Å². The molecule has 0 atom stereocenters. The van der Waals surface area contributed by atoms with Crippen molar-refractivity contribution in [3.8, 4) is 0 Å². The van der Waals surface area contributed by atoms with Crippen molar-refractivity contribution < 1.29 is 18.7 Å². The summed E-state index contributed by atoms with van der Waals surface area (Å²) in [6.45, 7) is 0. The van der Waals surface area contributed by atoms with Gasteiger partial charge < -0.3 is 5.11 Å². The Morgan fingerprint density at radius 1 is 1.67 bits per heavy atom. The second-order valence-corrected chi connectivity index (χ2v) is 3.52. The van der Waals surface area contributed by atoms with Crippen LogP contribution >= 0.6 is 27.5 Å². The largest absolute Gasteiger partial charge is 0.478 e. The molecule has 1 rings (SSSR count). The third kappa shape index (κ3) is 2.43. The van der Waals surface area contributed by atoms with Gasteiger partial charge in [-0.1, -0.05) is 27.5 Å². The third-order valence-corrected chi connectivity index (χ3v) is 2.62. The first-order valence-corrected chi connectivity index (χ1v) is 5.23. The summed E-state index contributed by atoms with van der Waals surface area (Å²) in [4.78, 5) is 14.3. The molecule has 0 radical (unpaired) electrons. The molecule has 1 aromatic rings. The molecule has 0 unspecified atom stereocenters. The Kier molecular flexibility index (Phi) is 3.98. The first-order chi connectivity index (χ1) is 6.99. The number of pyridine rings is 1. The number of carbonyl (C=O) groups is 1. The van der Waals surface area contributed by atoms with E-state index in [0.717, 1.165) is 6.20 Å². The monoisotopic (exact) mass is 299 g/mol. The van der Waals surface area contributed by atoms with Crippen molar-refractivity contribution in [3.63, 3.8) is 0 Å². The molecule has 0 aromatic carbocycles. The molecular weight excluding hydrogens is 295 g/mol. The highest BCUT2D eigenvalue weighted by atomic mass is 79.9. The van der Waals surface area contributed by atoms with E-state index in [9.17, 15) is 13.6 Å². The third-order valence-electron chi connectivity index (χ3n) is 1.73. The Balaban J connectivity index is 3.51. The zero-order valence-corrected chi connectivity index (χ0v) is 9.52. The quantitative estimate of drug-likeness (QED) is 0.688. The maximum Gasteiger partial charge on any atom is 0.339 e. The number of alkyl halides is 3. The average Bonchev–Trinajstić information content (AvgIpc) is 2.16. The lowest BCUT2D eigenvalue weighted by molar-refractivity contribution is 0.0684. The summed E-state index contributed by atoms with van der Waals surface area (Å²) in [5, 5.41) is 8.41. The number of nitrogens with zero attached hydrogens (tertiary/aromatic N) is 1. The number of rotatable bonds is 3. The molecule has 7 heteroatoms. The van der Waals surface area contributed by atoms with Gasteiger partial charge in [0.15, 0.2) is 0 Å². The number of hydrogen-bond acceptors (Lipinski definition) is 2. The number of hydrogen-bond donors (Lipinski definition) is 1. The summed E-state index contributed by atoms with van der Waals surface area (Å²) < 4.78 is 25.3. The molecule has 0 saturated heterocycles. The molecule has 1 aromatic heterocycles. The Morgan fingerprint density at radius 3 is 2.67 bits per heavy atom. The average molecular weight is 300 g/mol. The van der Waals surface area contributed by atoms with Gasteiger partial charge in [-0.25, -0.2) is 18.6 Å². The summed E-state index contributed by atoms with van der Waals surface area (Å²) >= 11 is 8.43. The van der Waals surface area contributed by atoms with E-state index in [1.54, 1.807) is 0 Å². The summed E-state index contributed by atoms with van der Waals surface area (Å²) in [5.41, 5.74) is -1.10. The molecule has 0 bridgehead atoms. The first-order valence-electron chi connectivity index (χ1n) is 3.73. The molecule has 0 aliphatic rings. The Labute approximate surface area is 97.2 Å². The normalized spacial score (nSPS) is 10.7. The summed E-state index contributed by atoms with van der Waals surface area (Å²) in [5.74, 6) is -1.51. The maximum absolute atomic E-state index is 12.6. The van der Waals surface area contributed by atoms with E-state index in [0.29, 0.717) is 0 Å². The van der Waals surface area contributed by atoms with Gasteiger partial charge in [-0.15, -0.1) is 0 Å². The van der Waals surface area contributed by atoms with Gasteiger partial charge in [-0.3, -0.25) is 0 Å². The maximum atomic E-state index is 12.6. The van der Waals surface area contributed by atoms with E-state index in [4.69, 9.17) is 16.7 Å². The molecule has 1 N–H and O–H groups in total. The molecule has 1 heterocycles. The highest BCUT2D eigenvalue weighted by Gasteiger charge is 2.25. The number of aromatic carboxylic acids is 1. The highest BCUT2D eigenvalue weighted by molar-refractivity contribution is 9.08. The van der Waals surface area contributed by atoms with Crippen LogP contribution in [0.15, 0.2) is 6.20 Å². The van der Waals surface area contributed by atoms with Gasteiger partial charge in [0.25, 0.3) is 6.43 Å². The first kappa shape index (κ1) is 12.3. The van der Waals surface area contributed by atoms with E-state index < -0.39 is 28.7 Å². The lowest BCUT2D eigenvalue weighted by atomic mass is 10.1. The van der Waals surface area contributed by atoms with Gasteiger partial charge in [0, 0.05) is 17.1 Å². The highest BCUT2D eigenvalue weighted by Crippen LogP contribution is 2.31. The predicted octanol–water partition coefficient (Wildman–Crippen LogP) is 3.27. The van der Waals surface area contributed by atoms with Crippen molar-refractivity contribution in [1.29, 1.82) is 0 Å². The van der Waals surface area contributed by atoms with E-state index in [2.05, 4.69) is 20.9 Å². The van der Waals surface area contributed by atoms with Gasteiger partial charge in [0.1, 0.15) is 10.7 Å². The van der Waals surface area contributed by atoms with Gasteiger partial charge >= 0.3 is 5.97 Å². The zero-order valence-electron chi connectivity index (χ0n) is 7.18. The SMILES string of the molecule is O=C(O)c1c(Cl)ncc(CBr)c1C(F)F. The molecule has 0 aliphatic heterocycles. The van der Waals surface area contributed by atoms with Crippen LogP contribution in [0.5, 0.6) is 0 Å². The number of halogens is 4. The number of carboxylic acid groups (broad SMARTS) is 1. The minimum absolute atomic E-state index is 0.0944. The molecule has 15 heavy (non-hydrogen) atoms. The van der Waals surface area contributed by atoms with Crippen LogP contribution in [0.4, 0.5) is 8.78 Å². The fourth-order valence-electron chi connectivity index (χ4n) is 1.10. The van der Waals surface area contributed by atoms with Crippen molar-refractivity contribution in [3.05, 3.63) is 28.0 Å². The zero-order chi connectivity index (χ0) is 11.6. The van der Waals surface area contributed by atoms with E-state index in [1.807, 2.05) is 0 Å². The smallest absolute Gasteiger partial charge is 0.339 e. The van der Waals surface area contributed by atoms with E-state index in [1.165, 1.54) is 0 Å². The van der Waals surface area contributed by atoms with Crippen molar-refractivity contribution in [1.82, 2.24) is 4.98 Å². The van der Waals surface area contributed by atoms with Crippen LogP contribution in [0.2, 0.25) is 5.15 Å². The molecule has 0 amide bonds. The minimum Gasteiger partial charge on any atom is -0.478 e. The fourth-order valence-corrected chi connectivity index (χ4v) is 1.78. The Hall–Kier alpha value is -0.750. The summed E-state index contributed by atoms with van der Waals surface area (Å²) in [6, 6.07) is 0. The minimum atomic E-state index is -2.90. The van der Waals surface area contributed by atoms with Crippen LogP contribution in [-0.4, -0.2) is 16.1 Å². The van der Waals surface area contributed by atoms with Crippen LogP contribution in [0, 0.1) is 0 Å². The van der Waals surface area contributed by atoms with E-state index >= 15 is 0 Å². The van der Waals surface area contributed by atoms with Crippen LogP contribution < -0.4 is 0 Å². The standard InChI is InChI=1S/C8H5BrClF2NO2/c9-1-3-2-13-6(10)5(8(14)15)4(3)7(11)12/h2,7H,1H2,(H,14,15). The van der Waals surface area contributed by atoms with Crippen molar-refractivity contribution in [2.75, 3.05) is 0 Å². The van der Waals surface area contributed by atoms with Crippen LogP contribution in [0.25, 0.3) is 0 Å². The predicted molar refractivity (Wildman–Crippen MR) is 53.8 cm³/mol. The molecule has 3 nitrogen and oxygen atoms in total. The topological polar surface area (TPSA) is 50.2 Å². The number of aromatic nitrogens is 1. The van der Waals surface area contributed by atoms with E-state index in [-0.39, 0.29) is 10.9 Å². The molecule has 0 spiro atoms. The Bertz CT molecular complexity index is 400. The van der Waals surface area contributed by atoms with Crippen molar-refractivity contribution >= 4 is 33.5 Å². The van der Waals surface area contributed by atoms with Crippen LogP contribution in [-0.2, 0) is 5.33 Å².